The average Bonchev–Trinajstić information content (AvgIpc) is 2.20. The first-order chi connectivity index (χ1) is 10.4. The lowest BCUT2D eigenvalue weighted by molar-refractivity contribution is 0.0985. The van der Waals surface area contributed by atoms with Crippen molar-refractivity contribution in [3.63, 3.8) is 0 Å². The Labute approximate surface area is 145 Å². The molecule has 0 unspecified atom stereocenters. The molecule has 4 nitrogen and oxygen atoms in total. The highest BCUT2D eigenvalue weighted by Gasteiger charge is 2.32. The van der Waals surface area contributed by atoms with Crippen molar-refractivity contribution in [2.75, 3.05) is 0 Å². The average molecular weight is 336 g/mol. The van der Waals surface area contributed by atoms with Crippen molar-refractivity contribution in [1.29, 1.82) is 0 Å². The maximum absolute atomic E-state index is 10.6. The highest BCUT2D eigenvalue weighted by molar-refractivity contribution is 5.53. The van der Waals surface area contributed by atoms with Crippen LogP contribution in [-0.4, -0.2) is 42.8 Å². The molecule has 24 heavy (non-hydrogen) atoms. The minimum atomic E-state index is -1.21. The van der Waals surface area contributed by atoms with Crippen molar-refractivity contribution in [2.45, 2.75) is 77.8 Å². The lowest BCUT2D eigenvalue weighted by atomic mass is 9.79. The van der Waals surface area contributed by atoms with Gasteiger partial charge in [0.1, 0.15) is 0 Å². The van der Waals surface area contributed by atoms with Crippen LogP contribution in [0.15, 0.2) is 46.6 Å². The zero-order valence-corrected chi connectivity index (χ0v) is 16.1. The Balaban J connectivity index is 3.83. The van der Waals surface area contributed by atoms with Gasteiger partial charge >= 0.3 is 0 Å². The molecule has 1 rings (SSSR count). The van der Waals surface area contributed by atoms with Crippen LogP contribution in [-0.2, 0) is 0 Å². The van der Waals surface area contributed by atoms with Crippen molar-refractivity contribution < 1.29 is 20.4 Å². The van der Waals surface area contributed by atoms with Crippen molar-refractivity contribution in [3.8, 4) is 0 Å². The quantitative estimate of drug-likeness (QED) is 0.636. The molecule has 0 spiro atoms. The Kier molecular flexibility index (Phi) is 5.44. The van der Waals surface area contributed by atoms with E-state index < -0.39 is 22.4 Å². The molecule has 0 radical (unpaired) electrons. The molecule has 1 aliphatic rings. The van der Waals surface area contributed by atoms with Gasteiger partial charge in [-0.15, -0.1) is 0 Å². The summed E-state index contributed by atoms with van der Waals surface area (Å²) in [7, 11) is 0. The van der Waals surface area contributed by atoms with Gasteiger partial charge in [-0.2, -0.15) is 0 Å². The zero-order chi connectivity index (χ0) is 19.1. The minimum Gasteiger partial charge on any atom is -0.386 e. The van der Waals surface area contributed by atoms with Crippen LogP contribution >= 0.6 is 0 Å². The monoisotopic (exact) mass is 336 g/mol. The van der Waals surface area contributed by atoms with E-state index in [1.54, 1.807) is 79.7 Å². The largest absolute Gasteiger partial charge is 0.386 e. The predicted molar refractivity (Wildman–Crippen MR) is 97.5 cm³/mol. The van der Waals surface area contributed by atoms with Gasteiger partial charge in [0.05, 0.1) is 22.4 Å². The van der Waals surface area contributed by atoms with E-state index >= 15 is 0 Å². The van der Waals surface area contributed by atoms with Gasteiger partial charge in [0.2, 0.25) is 0 Å². The van der Waals surface area contributed by atoms with Gasteiger partial charge in [-0.3, -0.25) is 0 Å². The SMILES string of the molecule is CC(C)(O)C1=CC(C(C)(C)O)=CC(C(C)(C)O)=C(C(C)(C)O)C=C1. The Morgan fingerprint density at radius 1 is 0.500 bits per heavy atom. The van der Waals surface area contributed by atoms with E-state index in [-0.39, 0.29) is 0 Å². The number of aliphatic hydroxyl groups is 4. The van der Waals surface area contributed by atoms with Crippen LogP contribution in [0.4, 0.5) is 0 Å². The summed E-state index contributed by atoms with van der Waals surface area (Å²) in [5.41, 5.74) is -2.50. The second kappa shape index (κ2) is 6.26. The van der Waals surface area contributed by atoms with E-state index in [2.05, 4.69) is 0 Å². The van der Waals surface area contributed by atoms with Gasteiger partial charge < -0.3 is 20.4 Å². The molecule has 4 N–H and O–H groups in total. The van der Waals surface area contributed by atoms with Crippen LogP contribution in [0, 0.1) is 0 Å². The molecule has 0 amide bonds. The molecule has 0 fully saturated rings. The molecule has 0 bridgehead atoms. The molecule has 0 aromatic heterocycles. The molecule has 136 valence electrons. The molecule has 1 aliphatic carbocycles. The second-order valence-electron chi connectivity index (χ2n) is 8.60. The smallest absolute Gasteiger partial charge is 0.0844 e. The summed E-state index contributed by atoms with van der Waals surface area (Å²) in [5.74, 6) is 0. The van der Waals surface area contributed by atoms with E-state index in [1.165, 1.54) is 0 Å². The molecule has 0 aliphatic heterocycles. The molecular weight excluding hydrogens is 304 g/mol. The predicted octanol–water partition coefficient (Wildman–Crippen LogP) is 2.79. The van der Waals surface area contributed by atoms with Gasteiger partial charge in [-0.25, -0.2) is 0 Å². The fourth-order valence-electron chi connectivity index (χ4n) is 2.53. The molecular formula is C20H32O4. The van der Waals surface area contributed by atoms with E-state index in [1.807, 2.05) is 0 Å². The van der Waals surface area contributed by atoms with Crippen molar-refractivity contribution in [1.82, 2.24) is 0 Å². The first-order valence-electron chi connectivity index (χ1n) is 8.21. The zero-order valence-electron chi connectivity index (χ0n) is 16.1. The number of hydrogen-bond donors (Lipinski definition) is 4. The molecule has 0 aromatic carbocycles. The van der Waals surface area contributed by atoms with E-state index in [9.17, 15) is 20.4 Å². The summed E-state index contributed by atoms with van der Waals surface area (Å²) >= 11 is 0. The van der Waals surface area contributed by atoms with Crippen molar-refractivity contribution in [2.24, 2.45) is 0 Å². The van der Waals surface area contributed by atoms with Crippen LogP contribution in [0.2, 0.25) is 0 Å². The summed E-state index contributed by atoms with van der Waals surface area (Å²) < 4.78 is 0. The first-order valence-corrected chi connectivity index (χ1v) is 8.21. The third-order valence-corrected chi connectivity index (χ3v) is 4.06. The van der Waals surface area contributed by atoms with Crippen LogP contribution in [0.3, 0.4) is 0 Å². The number of rotatable bonds is 4. The normalized spacial score (nSPS) is 18.2. The van der Waals surface area contributed by atoms with Gasteiger partial charge in [0, 0.05) is 0 Å². The summed E-state index contributed by atoms with van der Waals surface area (Å²) in [4.78, 5) is 0. The third-order valence-electron chi connectivity index (χ3n) is 4.06. The van der Waals surface area contributed by atoms with Crippen molar-refractivity contribution in [3.05, 3.63) is 46.6 Å². The molecule has 0 atom stereocenters. The van der Waals surface area contributed by atoms with Gasteiger partial charge in [-0.05, 0) is 83.8 Å². The van der Waals surface area contributed by atoms with E-state index in [0.717, 1.165) is 0 Å². The van der Waals surface area contributed by atoms with Crippen molar-refractivity contribution >= 4 is 0 Å². The maximum atomic E-state index is 10.6. The second-order valence-corrected chi connectivity index (χ2v) is 8.60. The number of hydrogen-bond acceptors (Lipinski definition) is 4. The lowest BCUT2D eigenvalue weighted by Crippen LogP contribution is -2.32. The van der Waals surface area contributed by atoms with E-state index in [4.69, 9.17) is 0 Å². The van der Waals surface area contributed by atoms with E-state index in [0.29, 0.717) is 22.3 Å². The fourth-order valence-corrected chi connectivity index (χ4v) is 2.53. The highest BCUT2D eigenvalue weighted by Crippen LogP contribution is 2.35. The summed E-state index contributed by atoms with van der Waals surface area (Å²) in [5, 5.41) is 42.1. The first kappa shape index (κ1) is 20.8. The van der Waals surface area contributed by atoms with Crippen LogP contribution in [0.5, 0.6) is 0 Å². The van der Waals surface area contributed by atoms with Crippen LogP contribution in [0.1, 0.15) is 55.4 Å². The standard InChI is InChI=1S/C20H32O4/c1-17(2,21)13-9-10-15(19(5,6)23)16(20(7,8)24)12-14(11-13)18(3,4)22/h9-12,21-24H,1-8H3. The van der Waals surface area contributed by atoms with Gasteiger partial charge in [0.25, 0.3) is 0 Å². The fraction of sp³-hybridized carbons (Fsp3) is 0.600. The molecule has 0 heterocycles. The van der Waals surface area contributed by atoms with Crippen LogP contribution in [0.25, 0.3) is 0 Å². The van der Waals surface area contributed by atoms with Crippen LogP contribution < -0.4 is 0 Å². The summed E-state index contributed by atoms with van der Waals surface area (Å²) in [6, 6.07) is 0. The van der Waals surface area contributed by atoms with Gasteiger partial charge in [0.15, 0.2) is 0 Å². The highest BCUT2D eigenvalue weighted by atomic mass is 16.3. The third kappa shape index (κ3) is 5.15. The maximum Gasteiger partial charge on any atom is 0.0844 e. The lowest BCUT2D eigenvalue weighted by Gasteiger charge is -2.32. The molecule has 4 heteroatoms. The Morgan fingerprint density at radius 3 is 1.25 bits per heavy atom. The Morgan fingerprint density at radius 2 is 0.917 bits per heavy atom. The Bertz CT molecular complexity index is 604. The minimum absolute atomic E-state index is 0.523. The Hall–Kier alpha value is -1.20. The van der Waals surface area contributed by atoms with Gasteiger partial charge in [-0.1, -0.05) is 18.2 Å². The molecule has 0 saturated heterocycles. The summed E-state index contributed by atoms with van der Waals surface area (Å²) in [6.07, 6.45) is 6.86. The molecule has 0 aromatic rings. The summed E-state index contributed by atoms with van der Waals surface area (Å²) in [6.45, 7) is 13.2. The topological polar surface area (TPSA) is 80.9 Å². The molecule has 0 saturated carbocycles.